The molecule has 218 valence electrons. The summed E-state index contributed by atoms with van der Waals surface area (Å²) in [6.07, 6.45) is 1.01. The summed E-state index contributed by atoms with van der Waals surface area (Å²) in [6.45, 7) is 7.03. The number of sulfonamides is 1. The number of nitro groups is 1. The van der Waals surface area contributed by atoms with E-state index in [4.69, 9.17) is 0 Å². The predicted octanol–water partition coefficient (Wildman–Crippen LogP) is 4.82. The van der Waals surface area contributed by atoms with E-state index in [0.29, 0.717) is 12.8 Å². The van der Waals surface area contributed by atoms with Gasteiger partial charge < -0.3 is 10.2 Å². The molecule has 0 radical (unpaired) electrons. The number of nitro benzene ring substituents is 1. The molecule has 2 atom stereocenters. The van der Waals surface area contributed by atoms with Crippen LogP contribution in [0.5, 0.6) is 0 Å². The van der Waals surface area contributed by atoms with Gasteiger partial charge in [-0.25, -0.2) is 8.42 Å². The number of anilines is 1. The fourth-order valence-corrected chi connectivity index (χ4v) is 5.68. The quantitative estimate of drug-likeness (QED) is 0.228. The fourth-order valence-electron chi connectivity index (χ4n) is 4.24. The molecule has 0 fully saturated rings. The number of benzene rings is 3. The van der Waals surface area contributed by atoms with Crippen LogP contribution in [0.1, 0.15) is 44.7 Å². The first-order chi connectivity index (χ1) is 19.5. The molecule has 0 aromatic heterocycles. The second kappa shape index (κ2) is 13.9. The summed E-state index contributed by atoms with van der Waals surface area (Å²) in [5.41, 5.74) is 1.68. The average molecular weight is 581 g/mol. The highest BCUT2D eigenvalue weighted by molar-refractivity contribution is 7.92. The van der Waals surface area contributed by atoms with Crippen molar-refractivity contribution in [1.82, 2.24) is 10.2 Å². The molecule has 0 aliphatic carbocycles. The molecule has 10 nitrogen and oxygen atoms in total. The van der Waals surface area contributed by atoms with Crippen LogP contribution in [0.3, 0.4) is 0 Å². The maximum Gasteiger partial charge on any atom is 0.269 e. The number of hydrogen-bond donors (Lipinski definition) is 1. The van der Waals surface area contributed by atoms with E-state index in [0.717, 1.165) is 15.4 Å². The summed E-state index contributed by atoms with van der Waals surface area (Å²) >= 11 is 0. The van der Waals surface area contributed by atoms with Crippen molar-refractivity contribution in [2.75, 3.05) is 10.8 Å². The Bertz CT molecular complexity index is 1440. The molecular weight excluding hydrogens is 544 g/mol. The van der Waals surface area contributed by atoms with Crippen LogP contribution in [0.15, 0.2) is 83.8 Å². The molecule has 3 rings (SSSR count). The number of non-ortho nitro benzene ring substituents is 1. The molecule has 1 N–H and O–H groups in total. The van der Waals surface area contributed by atoms with Crippen molar-refractivity contribution in [3.05, 3.63) is 100 Å². The smallest absolute Gasteiger partial charge is 0.269 e. The van der Waals surface area contributed by atoms with Gasteiger partial charge >= 0.3 is 0 Å². The summed E-state index contributed by atoms with van der Waals surface area (Å²) in [4.78, 5) is 39.3. The summed E-state index contributed by atoms with van der Waals surface area (Å²) in [5, 5.41) is 14.1. The lowest BCUT2D eigenvalue weighted by Crippen LogP contribution is -2.53. The average Bonchev–Trinajstić information content (AvgIpc) is 2.97. The van der Waals surface area contributed by atoms with Crippen LogP contribution >= 0.6 is 0 Å². The largest absolute Gasteiger partial charge is 0.352 e. The van der Waals surface area contributed by atoms with Crippen LogP contribution in [0, 0.1) is 17.0 Å². The first kappa shape index (κ1) is 31.3. The van der Waals surface area contributed by atoms with E-state index in [1.165, 1.54) is 41.3 Å². The van der Waals surface area contributed by atoms with Gasteiger partial charge in [0, 0.05) is 24.7 Å². The van der Waals surface area contributed by atoms with Crippen molar-refractivity contribution in [2.45, 2.75) is 64.1 Å². The molecule has 0 heterocycles. The van der Waals surface area contributed by atoms with E-state index in [9.17, 15) is 28.1 Å². The molecule has 0 saturated heterocycles. The number of nitrogens with zero attached hydrogens (tertiary/aromatic N) is 3. The summed E-state index contributed by atoms with van der Waals surface area (Å²) < 4.78 is 28.5. The Morgan fingerprint density at radius 1 is 0.927 bits per heavy atom. The van der Waals surface area contributed by atoms with Crippen molar-refractivity contribution in [3.8, 4) is 0 Å². The molecule has 3 aromatic carbocycles. The third-order valence-corrected chi connectivity index (χ3v) is 8.61. The van der Waals surface area contributed by atoms with E-state index in [1.807, 2.05) is 45.0 Å². The standard InChI is InChI=1S/C30H36N4O6S/c1-5-23(4)31-30(36)28(6-2)32(20-24-14-12-22(3)13-15-24)29(35)21-33(25-16-18-26(19-17-25)34(37)38)41(39,40)27-10-8-7-9-11-27/h7-19,23,28H,5-6,20-21H2,1-4H3,(H,31,36)/t23-,28-/m0/s1. The molecular formula is C30H36N4O6S. The van der Waals surface area contributed by atoms with E-state index < -0.39 is 33.4 Å². The zero-order chi connectivity index (χ0) is 30.2. The number of carbonyl (C=O) groups excluding carboxylic acids is 2. The lowest BCUT2D eigenvalue weighted by atomic mass is 10.1. The van der Waals surface area contributed by atoms with E-state index in [-0.39, 0.29) is 34.8 Å². The monoisotopic (exact) mass is 580 g/mol. The first-order valence-corrected chi connectivity index (χ1v) is 14.9. The number of nitrogens with one attached hydrogen (secondary N) is 1. The fraction of sp³-hybridized carbons (Fsp3) is 0.333. The number of carbonyl (C=O) groups is 2. The molecule has 0 aliphatic heterocycles. The van der Waals surface area contributed by atoms with Gasteiger partial charge in [0.2, 0.25) is 11.8 Å². The predicted molar refractivity (Wildman–Crippen MR) is 158 cm³/mol. The zero-order valence-corrected chi connectivity index (χ0v) is 24.5. The van der Waals surface area contributed by atoms with Gasteiger partial charge in [0.15, 0.2) is 0 Å². The van der Waals surface area contributed by atoms with Gasteiger partial charge in [0.25, 0.3) is 15.7 Å². The minimum absolute atomic E-state index is 0.0437. The number of rotatable bonds is 13. The second-order valence-corrected chi connectivity index (χ2v) is 11.7. The normalized spacial score (nSPS) is 12.7. The Kier molecular flexibility index (Phi) is 10.6. The lowest BCUT2D eigenvalue weighted by Gasteiger charge is -2.33. The molecule has 3 aromatic rings. The van der Waals surface area contributed by atoms with Gasteiger partial charge in [-0.15, -0.1) is 0 Å². The molecule has 0 unspecified atom stereocenters. The molecule has 2 amide bonds. The Balaban J connectivity index is 2.06. The highest BCUT2D eigenvalue weighted by Crippen LogP contribution is 2.26. The first-order valence-electron chi connectivity index (χ1n) is 13.5. The second-order valence-electron chi connectivity index (χ2n) is 9.85. The molecule has 0 bridgehead atoms. The Labute approximate surface area is 241 Å². The number of aryl methyl sites for hydroxylation is 1. The van der Waals surface area contributed by atoms with Gasteiger partial charge in [0.1, 0.15) is 12.6 Å². The van der Waals surface area contributed by atoms with Crippen molar-refractivity contribution in [2.24, 2.45) is 0 Å². The SMILES string of the molecule is CC[C@H](C)NC(=O)[C@H](CC)N(Cc1ccc(C)cc1)C(=O)CN(c1ccc([N+](=O)[O-])cc1)S(=O)(=O)c1ccccc1. The minimum Gasteiger partial charge on any atom is -0.352 e. The van der Waals surface area contributed by atoms with Gasteiger partial charge in [-0.2, -0.15) is 0 Å². The lowest BCUT2D eigenvalue weighted by molar-refractivity contribution is -0.384. The topological polar surface area (TPSA) is 130 Å². The molecule has 0 saturated carbocycles. The number of hydrogen-bond acceptors (Lipinski definition) is 6. The van der Waals surface area contributed by atoms with E-state index in [2.05, 4.69) is 5.32 Å². The van der Waals surface area contributed by atoms with Crippen LogP contribution in [0.25, 0.3) is 0 Å². The Morgan fingerprint density at radius 2 is 1.54 bits per heavy atom. The third kappa shape index (κ3) is 7.91. The molecule has 11 heteroatoms. The zero-order valence-electron chi connectivity index (χ0n) is 23.7. The van der Waals surface area contributed by atoms with Crippen LogP contribution in [0.4, 0.5) is 11.4 Å². The molecule has 0 aliphatic rings. The van der Waals surface area contributed by atoms with Crippen molar-refractivity contribution < 1.29 is 22.9 Å². The Morgan fingerprint density at radius 3 is 2.07 bits per heavy atom. The summed E-state index contributed by atoms with van der Waals surface area (Å²) in [5.74, 6) is -0.912. The maximum absolute atomic E-state index is 14.0. The van der Waals surface area contributed by atoms with E-state index in [1.54, 1.807) is 25.1 Å². The van der Waals surface area contributed by atoms with Crippen molar-refractivity contribution in [1.29, 1.82) is 0 Å². The van der Waals surface area contributed by atoms with Crippen molar-refractivity contribution >= 4 is 33.2 Å². The van der Waals surface area contributed by atoms with Crippen LogP contribution < -0.4 is 9.62 Å². The molecule has 41 heavy (non-hydrogen) atoms. The minimum atomic E-state index is -4.25. The summed E-state index contributed by atoms with van der Waals surface area (Å²) in [6, 6.07) is 19.2. The third-order valence-electron chi connectivity index (χ3n) is 6.82. The highest BCUT2D eigenvalue weighted by Gasteiger charge is 2.34. The molecule has 0 spiro atoms. The van der Waals surface area contributed by atoms with Crippen LogP contribution in [-0.2, 0) is 26.2 Å². The van der Waals surface area contributed by atoms with E-state index >= 15 is 0 Å². The Hall–Kier alpha value is -4.25. The summed E-state index contributed by atoms with van der Waals surface area (Å²) in [7, 11) is -4.25. The van der Waals surface area contributed by atoms with Crippen LogP contribution in [-0.4, -0.2) is 48.7 Å². The van der Waals surface area contributed by atoms with Gasteiger partial charge in [-0.3, -0.25) is 24.0 Å². The highest BCUT2D eigenvalue weighted by atomic mass is 32.2. The van der Waals surface area contributed by atoms with Gasteiger partial charge in [-0.1, -0.05) is 61.9 Å². The maximum atomic E-state index is 14.0. The van der Waals surface area contributed by atoms with Crippen molar-refractivity contribution in [3.63, 3.8) is 0 Å². The van der Waals surface area contributed by atoms with Gasteiger partial charge in [0.05, 0.1) is 15.5 Å². The van der Waals surface area contributed by atoms with Crippen LogP contribution in [0.2, 0.25) is 0 Å². The number of amides is 2. The van der Waals surface area contributed by atoms with Gasteiger partial charge in [-0.05, 0) is 56.5 Å².